The van der Waals surface area contributed by atoms with Crippen molar-refractivity contribution in [1.29, 1.82) is 0 Å². The zero-order valence-electron chi connectivity index (χ0n) is 17.3. The summed E-state index contributed by atoms with van der Waals surface area (Å²) in [4.78, 5) is 13.3. The van der Waals surface area contributed by atoms with Crippen LogP contribution in [0.5, 0.6) is 0 Å². The summed E-state index contributed by atoms with van der Waals surface area (Å²) in [5, 5.41) is 3.24. The first kappa shape index (κ1) is 20.5. The fourth-order valence-electron chi connectivity index (χ4n) is 6.37. The lowest BCUT2D eigenvalue weighted by molar-refractivity contribution is -0.125. The average Bonchev–Trinajstić information content (AvgIpc) is 2.72. The number of rotatable bonds is 6. The highest BCUT2D eigenvalue weighted by Gasteiger charge is 2.51. The molecule has 2 aromatic carbocycles. The van der Waals surface area contributed by atoms with Crippen LogP contribution >= 0.6 is 0 Å². The van der Waals surface area contributed by atoms with Crippen molar-refractivity contribution in [2.45, 2.75) is 49.0 Å². The Kier molecular flexibility index (Phi) is 5.04. The Hall–Kier alpha value is -2.41. The normalized spacial score (nSPS) is 29.0. The van der Waals surface area contributed by atoms with Gasteiger partial charge in [-0.3, -0.25) is 9.10 Å². The highest BCUT2D eigenvalue weighted by Crippen LogP contribution is 2.55. The van der Waals surface area contributed by atoms with E-state index in [0.29, 0.717) is 17.8 Å². The minimum Gasteiger partial charge on any atom is -0.349 e. The van der Waals surface area contributed by atoms with Gasteiger partial charge in [0.15, 0.2) is 0 Å². The van der Waals surface area contributed by atoms with E-state index in [4.69, 9.17) is 0 Å². The van der Waals surface area contributed by atoms with Crippen LogP contribution in [-0.4, -0.2) is 26.4 Å². The first-order chi connectivity index (χ1) is 14.8. The summed E-state index contributed by atoms with van der Waals surface area (Å²) in [7, 11) is -3.98. The number of carbonyl (C=O) groups is 1. The molecule has 0 heterocycles. The summed E-state index contributed by atoms with van der Waals surface area (Å²) in [6.07, 6.45) is 6.77. The summed E-state index contributed by atoms with van der Waals surface area (Å²) in [6.45, 7) is -0.329. The Morgan fingerprint density at radius 3 is 2.03 bits per heavy atom. The second-order valence-corrected chi connectivity index (χ2v) is 11.4. The average molecular weight is 443 g/mol. The van der Waals surface area contributed by atoms with E-state index in [0.717, 1.165) is 23.6 Å². The van der Waals surface area contributed by atoms with Crippen molar-refractivity contribution in [3.8, 4) is 0 Å². The van der Waals surface area contributed by atoms with Crippen molar-refractivity contribution in [2.75, 3.05) is 10.8 Å². The van der Waals surface area contributed by atoms with E-state index in [-0.39, 0.29) is 28.6 Å². The number of halogens is 1. The highest BCUT2D eigenvalue weighted by atomic mass is 32.2. The van der Waals surface area contributed by atoms with Crippen LogP contribution in [0.2, 0.25) is 0 Å². The molecule has 0 spiro atoms. The maximum absolute atomic E-state index is 13.5. The zero-order chi connectivity index (χ0) is 21.6. The van der Waals surface area contributed by atoms with Gasteiger partial charge in [-0.15, -0.1) is 0 Å². The summed E-state index contributed by atoms with van der Waals surface area (Å²) in [6, 6.07) is 13.2. The summed E-state index contributed by atoms with van der Waals surface area (Å²) in [5.74, 6) is 1.26. The minimum atomic E-state index is -3.98. The van der Waals surface area contributed by atoms with Crippen LogP contribution in [-0.2, 0) is 14.8 Å². The quantitative estimate of drug-likeness (QED) is 0.732. The molecule has 2 aromatic rings. The monoisotopic (exact) mass is 442 g/mol. The van der Waals surface area contributed by atoms with Gasteiger partial charge in [0.1, 0.15) is 12.4 Å². The predicted molar refractivity (Wildman–Crippen MR) is 116 cm³/mol. The van der Waals surface area contributed by atoms with Gasteiger partial charge in [-0.05, 0) is 92.7 Å². The summed E-state index contributed by atoms with van der Waals surface area (Å²) < 4.78 is 41.3. The van der Waals surface area contributed by atoms with Gasteiger partial charge in [0.05, 0.1) is 10.6 Å². The molecule has 1 N–H and O–H groups in total. The van der Waals surface area contributed by atoms with Crippen LogP contribution in [0.25, 0.3) is 0 Å². The van der Waals surface area contributed by atoms with E-state index in [9.17, 15) is 17.6 Å². The zero-order valence-corrected chi connectivity index (χ0v) is 18.2. The van der Waals surface area contributed by atoms with E-state index in [1.807, 2.05) is 0 Å². The molecule has 0 aromatic heterocycles. The smallest absolute Gasteiger partial charge is 0.264 e. The lowest BCUT2D eigenvalue weighted by atomic mass is 9.53. The molecule has 4 aliphatic carbocycles. The number of carbonyl (C=O) groups excluding carboxylic acids is 1. The molecule has 5 nitrogen and oxygen atoms in total. The Morgan fingerprint density at radius 2 is 1.48 bits per heavy atom. The Labute approximate surface area is 182 Å². The molecule has 0 atom stereocenters. The number of nitrogens with one attached hydrogen (secondary N) is 1. The Bertz CT molecular complexity index is 1030. The van der Waals surface area contributed by atoms with Crippen LogP contribution in [0.15, 0.2) is 59.5 Å². The molecular weight excluding hydrogens is 415 g/mol. The number of benzene rings is 2. The number of nitrogens with zero attached hydrogens (tertiary/aromatic N) is 1. The fourth-order valence-corrected chi connectivity index (χ4v) is 7.81. The van der Waals surface area contributed by atoms with Crippen molar-refractivity contribution in [2.24, 2.45) is 17.8 Å². The van der Waals surface area contributed by atoms with Crippen LogP contribution < -0.4 is 9.62 Å². The molecule has 0 saturated heterocycles. The van der Waals surface area contributed by atoms with Gasteiger partial charge in [-0.1, -0.05) is 18.2 Å². The summed E-state index contributed by atoms with van der Waals surface area (Å²) >= 11 is 0. The Morgan fingerprint density at radius 1 is 0.935 bits per heavy atom. The van der Waals surface area contributed by atoms with Crippen LogP contribution in [0.4, 0.5) is 10.1 Å². The first-order valence-corrected chi connectivity index (χ1v) is 12.4. The SMILES string of the molecule is O=C(CN(c1ccc(F)cc1)S(=O)(=O)c1ccccc1)NC12CC3CC(CC(C3)C1)C2. The number of amides is 1. The molecule has 4 saturated carbocycles. The van der Waals surface area contributed by atoms with Crippen molar-refractivity contribution >= 4 is 21.6 Å². The molecule has 0 radical (unpaired) electrons. The van der Waals surface area contributed by atoms with E-state index in [1.165, 1.54) is 55.7 Å². The maximum atomic E-state index is 13.5. The van der Waals surface area contributed by atoms with Gasteiger partial charge in [0, 0.05) is 5.54 Å². The lowest BCUT2D eigenvalue weighted by Crippen LogP contribution is -2.61. The molecule has 7 heteroatoms. The second-order valence-electron chi connectivity index (χ2n) is 9.55. The van der Waals surface area contributed by atoms with Crippen LogP contribution in [0.3, 0.4) is 0 Å². The predicted octanol–water partition coefficient (Wildman–Crippen LogP) is 4.11. The van der Waals surface area contributed by atoms with Gasteiger partial charge < -0.3 is 5.32 Å². The molecule has 31 heavy (non-hydrogen) atoms. The maximum Gasteiger partial charge on any atom is 0.264 e. The topological polar surface area (TPSA) is 66.5 Å². The second kappa shape index (κ2) is 7.62. The standard InChI is InChI=1S/C24H27FN2O3S/c25-20-6-8-21(9-7-20)27(31(29,30)22-4-2-1-3-5-22)16-23(28)26-24-13-17-10-18(14-24)12-19(11-17)15-24/h1-9,17-19H,10-16H2,(H,26,28). The molecule has 164 valence electrons. The van der Waals surface area contributed by atoms with Crippen LogP contribution in [0.1, 0.15) is 38.5 Å². The molecule has 0 aliphatic heterocycles. The lowest BCUT2D eigenvalue weighted by Gasteiger charge is -2.57. The highest BCUT2D eigenvalue weighted by molar-refractivity contribution is 7.92. The van der Waals surface area contributed by atoms with Gasteiger partial charge in [0.25, 0.3) is 10.0 Å². The molecule has 4 bridgehead atoms. The third-order valence-electron chi connectivity index (χ3n) is 7.18. The molecule has 4 fully saturated rings. The molecule has 0 unspecified atom stereocenters. The van der Waals surface area contributed by atoms with Gasteiger partial charge in [-0.25, -0.2) is 12.8 Å². The van der Waals surface area contributed by atoms with Crippen molar-refractivity contribution < 1.29 is 17.6 Å². The van der Waals surface area contributed by atoms with Gasteiger partial charge >= 0.3 is 0 Å². The number of hydrogen-bond donors (Lipinski definition) is 1. The number of anilines is 1. The largest absolute Gasteiger partial charge is 0.349 e. The van der Waals surface area contributed by atoms with E-state index in [1.54, 1.807) is 18.2 Å². The first-order valence-electron chi connectivity index (χ1n) is 11.0. The van der Waals surface area contributed by atoms with Gasteiger partial charge in [0.2, 0.25) is 5.91 Å². The van der Waals surface area contributed by atoms with Gasteiger partial charge in [-0.2, -0.15) is 0 Å². The van der Waals surface area contributed by atoms with Crippen molar-refractivity contribution in [3.05, 3.63) is 60.4 Å². The molecule has 4 aliphatic rings. The molecule has 1 amide bonds. The Balaban J connectivity index is 1.41. The van der Waals surface area contributed by atoms with E-state index >= 15 is 0 Å². The van der Waals surface area contributed by atoms with Crippen molar-refractivity contribution in [3.63, 3.8) is 0 Å². The number of sulfonamides is 1. The van der Waals surface area contributed by atoms with Crippen LogP contribution in [0, 0.1) is 23.6 Å². The fraction of sp³-hybridized carbons (Fsp3) is 0.458. The third kappa shape index (κ3) is 3.95. The number of hydrogen-bond acceptors (Lipinski definition) is 3. The van der Waals surface area contributed by atoms with E-state index < -0.39 is 15.8 Å². The third-order valence-corrected chi connectivity index (χ3v) is 8.96. The molecule has 6 rings (SSSR count). The van der Waals surface area contributed by atoms with Crippen molar-refractivity contribution in [1.82, 2.24) is 5.32 Å². The van der Waals surface area contributed by atoms with E-state index in [2.05, 4.69) is 5.32 Å². The minimum absolute atomic E-state index is 0.0990. The molecular formula is C24H27FN2O3S. The summed E-state index contributed by atoms with van der Waals surface area (Å²) in [5.41, 5.74) is 0.0718.